The largest absolute Gasteiger partial charge is 0.367 e. The van der Waals surface area contributed by atoms with Crippen molar-refractivity contribution in [3.63, 3.8) is 0 Å². The quantitative estimate of drug-likeness (QED) is 0.624. The lowest BCUT2D eigenvalue weighted by Gasteiger charge is -2.28. The Hall–Kier alpha value is -1.02. The SMILES string of the molecule is CC1=CCC(Br)(Nc2ccc(C)cc2)C=C1. The Labute approximate surface area is 105 Å². The van der Waals surface area contributed by atoms with Gasteiger partial charge in [0, 0.05) is 12.1 Å². The Balaban J connectivity index is 2.10. The molecule has 0 fully saturated rings. The van der Waals surface area contributed by atoms with Crippen molar-refractivity contribution < 1.29 is 0 Å². The summed E-state index contributed by atoms with van der Waals surface area (Å²) < 4.78 is -0.137. The molecule has 1 aromatic carbocycles. The van der Waals surface area contributed by atoms with Crippen molar-refractivity contribution in [3.05, 3.63) is 53.6 Å². The van der Waals surface area contributed by atoms with Crippen LogP contribution in [0.25, 0.3) is 0 Å². The van der Waals surface area contributed by atoms with Gasteiger partial charge in [0.05, 0.1) is 0 Å². The van der Waals surface area contributed by atoms with Crippen molar-refractivity contribution >= 4 is 21.6 Å². The number of nitrogens with one attached hydrogen (secondary N) is 1. The number of hydrogen-bond acceptors (Lipinski definition) is 1. The Bertz CT molecular complexity index is 431. The van der Waals surface area contributed by atoms with Crippen LogP contribution in [0.2, 0.25) is 0 Å². The van der Waals surface area contributed by atoms with E-state index in [-0.39, 0.29) is 4.45 Å². The van der Waals surface area contributed by atoms with Crippen LogP contribution in [0.5, 0.6) is 0 Å². The van der Waals surface area contributed by atoms with Gasteiger partial charge in [-0.1, -0.05) is 51.4 Å². The molecule has 1 unspecified atom stereocenters. The highest BCUT2D eigenvalue weighted by atomic mass is 79.9. The van der Waals surface area contributed by atoms with E-state index in [2.05, 4.69) is 77.6 Å². The van der Waals surface area contributed by atoms with Crippen LogP contribution in [0, 0.1) is 6.92 Å². The first-order valence-electron chi connectivity index (χ1n) is 5.47. The van der Waals surface area contributed by atoms with E-state index in [0.29, 0.717) is 0 Å². The lowest BCUT2D eigenvalue weighted by atomic mass is 10.0. The number of halogens is 1. The van der Waals surface area contributed by atoms with Gasteiger partial charge < -0.3 is 5.32 Å². The van der Waals surface area contributed by atoms with Gasteiger partial charge in [0.15, 0.2) is 0 Å². The monoisotopic (exact) mass is 277 g/mol. The molecule has 0 bridgehead atoms. The van der Waals surface area contributed by atoms with E-state index in [1.807, 2.05) is 0 Å². The van der Waals surface area contributed by atoms with E-state index < -0.39 is 0 Å². The number of anilines is 1. The predicted octanol–water partition coefficient (Wildman–Crippen LogP) is 4.40. The zero-order chi connectivity index (χ0) is 11.6. The molecule has 1 aliphatic rings. The molecule has 2 rings (SSSR count). The van der Waals surface area contributed by atoms with Gasteiger partial charge >= 0.3 is 0 Å². The standard InChI is InChI=1S/C14H16BrN/c1-11-3-5-13(6-4-11)16-14(15)9-7-12(2)8-10-14/h3-9,16H,10H2,1-2H3. The Kier molecular flexibility index (Phi) is 3.20. The summed E-state index contributed by atoms with van der Waals surface area (Å²) in [5.41, 5.74) is 3.74. The molecule has 1 nitrogen and oxygen atoms in total. The molecule has 2 heteroatoms. The molecule has 1 aliphatic carbocycles. The number of alkyl halides is 1. The fourth-order valence-corrected chi connectivity index (χ4v) is 2.20. The normalized spacial score (nSPS) is 24.1. The molecule has 1 aromatic rings. The van der Waals surface area contributed by atoms with Gasteiger partial charge in [0.25, 0.3) is 0 Å². The summed E-state index contributed by atoms with van der Waals surface area (Å²) in [7, 11) is 0. The van der Waals surface area contributed by atoms with Crippen molar-refractivity contribution in [1.29, 1.82) is 0 Å². The van der Waals surface area contributed by atoms with Gasteiger partial charge in [-0.15, -0.1) is 0 Å². The summed E-state index contributed by atoms with van der Waals surface area (Å²) in [4.78, 5) is 0. The first kappa shape index (κ1) is 11.5. The third kappa shape index (κ3) is 2.76. The Morgan fingerprint density at radius 2 is 1.88 bits per heavy atom. The van der Waals surface area contributed by atoms with Crippen LogP contribution >= 0.6 is 15.9 Å². The Morgan fingerprint density at radius 1 is 1.19 bits per heavy atom. The van der Waals surface area contributed by atoms with Gasteiger partial charge in [-0.05, 0) is 32.1 Å². The summed E-state index contributed by atoms with van der Waals surface area (Å²) in [6, 6.07) is 8.45. The molecular weight excluding hydrogens is 262 g/mol. The Morgan fingerprint density at radius 3 is 2.44 bits per heavy atom. The second-order valence-electron chi connectivity index (χ2n) is 4.34. The average molecular weight is 278 g/mol. The van der Waals surface area contributed by atoms with Crippen LogP contribution in [0.15, 0.2) is 48.1 Å². The molecule has 0 spiro atoms. The highest BCUT2D eigenvalue weighted by Crippen LogP contribution is 2.31. The number of aryl methyl sites for hydroxylation is 1. The molecule has 1 N–H and O–H groups in total. The minimum atomic E-state index is -0.137. The number of allylic oxidation sites excluding steroid dienone is 2. The van der Waals surface area contributed by atoms with E-state index in [0.717, 1.165) is 12.1 Å². The van der Waals surface area contributed by atoms with Crippen LogP contribution in [0.4, 0.5) is 5.69 Å². The average Bonchev–Trinajstić information content (AvgIpc) is 2.27. The molecule has 0 saturated carbocycles. The molecule has 0 radical (unpaired) electrons. The summed E-state index contributed by atoms with van der Waals surface area (Å²) in [5, 5.41) is 3.49. The van der Waals surface area contributed by atoms with Gasteiger partial charge in [0.2, 0.25) is 0 Å². The van der Waals surface area contributed by atoms with Crippen LogP contribution in [0.3, 0.4) is 0 Å². The minimum Gasteiger partial charge on any atom is -0.367 e. The third-order valence-corrected chi connectivity index (χ3v) is 3.52. The second-order valence-corrected chi connectivity index (χ2v) is 5.75. The van der Waals surface area contributed by atoms with E-state index in [4.69, 9.17) is 0 Å². The summed E-state index contributed by atoms with van der Waals surface area (Å²) in [6.45, 7) is 4.22. The minimum absolute atomic E-state index is 0.137. The maximum atomic E-state index is 3.74. The van der Waals surface area contributed by atoms with Crippen LogP contribution in [-0.4, -0.2) is 4.45 Å². The van der Waals surface area contributed by atoms with Crippen LogP contribution < -0.4 is 5.32 Å². The maximum Gasteiger partial charge on any atom is 0.115 e. The van der Waals surface area contributed by atoms with E-state index in [9.17, 15) is 0 Å². The van der Waals surface area contributed by atoms with E-state index in [1.165, 1.54) is 11.1 Å². The van der Waals surface area contributed by atoms with Crippen molar-refractivity contribution in [3.8, 4) is 0 Å². The number of benzene rings is 1. The molecule has 0 saturated heterocycles. The van der Waals surface area contributed by atoms with Gasteiger partial charge in [0.1, 0.15) is 4.45 Å². The van der Waals surface area contributed by atoms with Crippen LogP contribution in [-0.2, 0) is 0 Å². The lowest BCUT2D eigenvalue weighted by Crippen LogP contribution is -2.29. The zero-order valence-corrected chi connectivity index (χ0v) is 11.2. The first-order chi connectivity index (χ1) is 7.57. The van der Waals surface area contributed by atoms with Gasteiger partial charge in [-0.25, -0.2) is 0 Å². The number of rotatable bonds is 2. The molecule has 0 aromatic heterocycles. The highest BCUT2D eigenvalue weighted by molar-refractivity contribution is 9.10. The van der Waals surface area contributed by atoms with Crippen molar-refractivity contribution in [2.75, 3.05) is 5.32 Å². The lowest BCUT2D eigenvalue weighted by molar-refractivity contribution is 0.824. The summed E-state index contributed by atoms with van der Waals surface area (Å²) >= 11 is 3.74. The van der Waals surface area contributed by atoms with Crippen LogP contribution in [0.1, 0.15) is 18.9 Å². The van der Waals surface area contributed by atoms with Crippen molar-refractivity contribution in [2.45, 2.75) is 24.7 Å². The summed E-state index contributed by atoms with van der Waals surface area (Å²) in [5.74, 6) is 0. The molecular formula is C14H16BrN. The molecule has 0 amide bonds. The molecule has 0 heterocycles. The van der Waals surface area contributed by atoms with Gasteiger partial charge in [-0.2, -0.15) is 0 Å². The first-order valence-corrected chi connectivity index (χ1v) is 6.26. The maximum absolute atomic E-state index is 3.74. The molecule has 0 aliphatic heterocycles. The highest BCUT2D eigenvalue weighted by Gasteiger charge is 2.23. The molecule has 1 atom stereocenters. The van der Waals surface area contributed by atoms with Gasteiger partial charge in [-0.3, -0.25) is 0 Å². The fraction of sp³-hybridized carbons (Fsp3) is 0.286. The third-order valence-electron chi connectivity index (χ3n) is 2.74. The molecule has 16 heavy (non-hydrogen) atoms. The number of hydrogen-bond donors (Lipinski definition) is 1. The fourth-order valence-electron chi connectivity index (χ4n) is 1.68. The second kappa shape index (κ2) is 4.46. The predicted molar refractivity (Wildman–Crippen MR) is 74.0 cm³/mol. The van der Waals surface area contributed by atoms with E-state index in [1.54, 1.807) is 0 Å². The zero-order valence-electron chi connectivity index (χ0n) is 9.63. The smallest absolute Gasteiger partial charge is 0.115 e. The van der Waals surface area contributed by atoms with Crippen molar-refractivity contribution in [1.82, 2.24) is 0 Å². The molecule has 84 valence electrons. The topological polar surface area (TPSA) is 12.0 Å². The summed E-state index contributed by atoms with van der Waals surface area (Å²) in [6.07, 6.45) is 7.50. The van der Waals surface area contributed by atoms with E-state index >= 15 is 0 Å². The van der Waals surface area contributed by atoms with Crippen molar-refractivity contribution in [2.24, 2.45) is 0 Å².